The smallest absolute Gasteiger partial charge is 0.183 e. The van der Waals surface area contributed by atoms with Crippen molar-refractivity contribution in [2.75, 3.05) is 47.5 Å². The lowest BCUT2D eigenvalue weighted by atomic mass is 10.0. The van der Waals surface area contributed by atoms with Crippen LogP contribution in [-0.4, -0.2) is 96.2 Å². The van der Waals surface area contributed by atoms with Gasteiger partial charge in [-0.3, -0.25) is 0 Å². The standard InChI is InChI=1S/2C22H20F2N6O.C16H13F2IN4/c23-15-3-4-17(24)16(10-15)19-2-1-7-28(19)21-5-8-29-22(26-21)20(11-25-29)30-12-14-13-31-9-6-18(14)27-30;23-15-3-4-17(24)16(10-15)19-2-1-7-28(19)21-5-8-29-22(27-21)20(12-25-29)30-18-6-9-31-13-14(18)11-26-30;17-10-3-4-12(18)11(8-10)14-2-1-6-22(14)15-5-7-23-16(21-15)13(19)9-20-23/h2*3-5,8,10-12,19H,1-2,6-7,9,13H2;3-5,7-9,14H,1-2,6H2/t2*19-;14-/m111/s1. The first-order chi connectivity index (χ1) is 41.5. The van der Waals surface area contributed by atoms with Crippen molar-refractivity contribution in [1.29, 1.82) is 0 Å². The third-order valence-corrected chi connectivity index (χ3v) is 17.1. The van der Waals surface area contributed by atoms with Crippen LogP contribution in [0.25, 0.3) is 28.3 Å². The van der Waals surface area contributed by atoms with Crippen LogP contribution in [0.5, 0.6) is 0 Å². The Labute approximate surface area is 495 Å². The molecule has 3 fully saturated rings. The van der Waals surface area contributed by atoms with Crippen molar-refractivity contribution in [3.05, 3.63) is 200 Å². The quantitative estimate of drug-likeness (QED) is 0.105. The van der Waals surface area contributed by atoms with Crippen molar-refractivity contribution in [2.24, 2.45) is 0 Å². The summed E-state index contributed by atoms with van der Waals surface area (Å²) in [5.74, 6) is -0.255. The normalized spacial score (nSPS) is 18.5. The van der Waals surface area contributed by atoms with Crippen molar-refractivity contribution in [2.45, 2.75) is 82.7 Å². The van der Waals surface area contributed by atoms with Gasteiger partial charge in [0.05, 0.1) is 84.3 Å². The second-order valence-electron chi connectivity index (χ2n) is 21.4. The van der Waals surface area contributed by atoms with Gasteiger partial charge in [-0.1, -0.05) is 0 Å². The third-order valence-electron chi connectivity index (χ3n) is 16.4. The molecule has 0 aliphatic carbocycles. The minimum atomic E-state index is -0.434. The summed E-state index contributed by atoms with van der Waals surface area (Å²) >= 11 is 2.19. The first kappa shape index (κ1) is 54.5. The molecular formula is C60H53F6IN16O2. The Morgan fingerprint density at radius 1 is 0.482 bits per heavy atom. The number of benzene rings is 3. The molecule has 0 amide bonds. The van der Waals surface area contributed by atoms with Gasteiger partial charge in [-0.15, -0.1) is 0 Å². The van der Waals surface area contributed by atoms with Crippen LogP contribution in [0.3, 0.4) is 0 Å². The fourth-order valence-corrected chi connectivity index (χ4v) is 12.8. The van der Waals surface area contributed by atoms with Gasteiger partial charge in [0.1, 0.15) is 63.7 Å². The number of nitrogens with zero attached hydrogens (tertiary/aromatic N) is 16. The summed E-state index contributed by atoms with van der Waals surface area (Å²) in [6, 6.07) is 15.8. The number of fused-ring (bicyclic) bond motifs is 5. The molecule has 0 radical (unpaired) electrons. The van der Waals surface area contributed by atoms with E-state index in [1.807, 2.05) is 68.6 Å². The van der Waals surface area contributed by atoms with Crippen LogP contribution in [0.4, 0.5) is 43.8 Å². The van der Waals surface area contributed by atoms with E-state index in [4.69, 9.17) is 24.5 Å². The van der Waals surface area contributed by atoms with Crippen LogP contribution in [0.15, 0.2) is 122 Å². The minimum absolute atomic E-state index is 0.193. The Kier molecular flexibility index (Phi) is 14.7. The molecule has 11 aromatic rings. The predicted octanol–water partition coefficient (Wildman–Crippen LogP) is 11.2. The maximum absolute atomic E-state index is 14.5. The van der Waals surface area contributed by atoms with Crippen molar-refractivity contribution in [1.82, 2.24) is 63.4 Å². The lowest BCUT2D eigenvalue weighted by Gasteiger charge is -2.26. The Morgan fingerprint density at radius 2 is 0.941 bits per heavy atom. The van der Waals surface area contributed by atoms with Crippen molar-refractivity contribution >= 4 is 57.0 Å². The second-order valence-corrected chi connectivity index (χ2v) is 22.6. The van der Waals surface area contributed by atoms with Gasteiger partial charge in [-0.2, -0.15) is 25.5 Å². The fourth-order valence-electron chi connectivity index (χ4n) is 12.3. The largest absolute Gasteiger partial charge is 0.376 e. The molecule has 0 saturated carbocycles. The second kappa shape index (κ2) is 22.9. The first-order valence-corrected chi connectivity index (χ1v) is 29.2. The molecule has 3 saturated heterocycles. The number of rotatable bonds is 8. The van der Waals surface area contributed by atoms with Crippen molar-refractivity contribution < 1.29 is 35.8 Å². The molecule has 85 heavy (non-hydrogen) atoms. The third kappa shape index (κ3) is 10.5. The molecule has 0 N–H and O–H groups in total. The summed E-state index contributed by atoms with van der Waals surface area (Å²) in [5, 5.41) is 22.3. The molecule has 8 aromatic heterocycles. The van der Waals surface area contributed by atoms with E-state index in [0.717, 1.165) is 138 Å². The predicted molar refractivity (Wildman–Crippen MR) is 310 cm³/mol. The van der Waals surface area contributed by atoms with Crippen LogP contribution >= 0.6 is 22.6 Å². The number of aromatic nitrogens is 13. The summed E-state index contributed by atoms with van der Waals surface area (Å²) in [6.45, 7) is 4.67. The van der Waals surface area contributed by atoms with Crippen LogP contribution < -0.4 is 14.7 Å². The van der Waals surface area contributed by atoms with Gasteiger partial charge in [-0.25, -0.2) is 64.2 Å². The highest BCUT2D eigenvalue weighted by molar-refractivity contribution is 14.1. The van der Waals surface area contributed by atoms with Gasteiger partial charge in [0, 0.05) is 85.1 Å². The van der Waals surface area contributed by atoms with Crippen molar-refractivity contribution in [3.8, 4) is 11.4 Å². The van der Waals surface area contributed by atoms with Gasteiger partial charge in [0.15, 0.2) is 16.9 Å². The maximum atomic E-state index is 14.5. The summed E-state index contributed by atoms with van der Waals surface area (Å²) in [6.07, 6.45) is 21.1. The highest BCUT2D eigenvalue weighted by atomic mass is 127. The van der Waals surface area contributed by atoms with Gasteiger partial charge in [0.25, 0.3) is 0 Å². The Balaban J connectivity index is 0.000000115. The van der Waals surface area contributed by atoms with Crippen LogP contribution in [0, 0.1) is 38.5 Å². The average molecular weight is 1270 g/mol. The molecule has 3 atom stereocenters. The Hall–Kier alpha value is -8.43. The number of anilines is 3. The zero-order chi connectivity index (χ0) is 57.9. The molecule has 16 rings (SSSR count). The fraction of sp³-hybridized carbons (Fsp3) is 0.300. The highest BCUT2D eigenvalue weighted by Gasteiger charge is 2.34. The van der Waals surface area contributed by atoms with E-state index in [0.29, 0.717) is 66.0 Å². The highest BCUT2D eigenvalue weighted by Crippen LogP contribution is 2.40. The molecule has 434 valence electrons. The molecule has 0 unspecified atom stereocenters. The van der Waals surface area contributed by atoms with Crippen LogP contribution in [-0.2, 0) is 35.5 Å². The van der Waals surface area contributed by atoms with Gasteiger partial charge in [-0.05, 0) is 134 Å². The summed E-state index contributed by atoms with van der Waals surface area (Å²) in [7, 11) is 0. The number of halogens is 7. The first-order valence-electron chi connectivity index (χ1n) is 28.1. The molecule has 13 heterocycles. The molecule has 5 aliphatic rings. The van der Waals surface area contributed by atoms with Crippen molar-refractivity contribution in [3.63, 3.8) is 0 Å². The molecule has 3 aromatic carbocycles. The zero-order valence-electron chi connectivity index (χ0n) is 45.5. The van der Waals surface area contributed by atoms with E-state index >= 15 is 0 Å². The van der Waals surface area contributed by atoms with E-state index in [9.17, 15) is 26.3 Å². The summed E-state index contributed by atoms with van der Waals surface area (Å²) in [5.41, 5.74) is 9.07. The van der Waals surface area contributed by atoms with E-state index in [2.05, 4.69) is 48.0 Å². The Morgan fingerprint density at radius 3 is 1.47 bits per heavy atom. The number of hydrogen-bond acceptors (Lipinski definition) is 13. The van der Waals surface area contributed by atoms with E-state index in [1.165, 1.54) is 36.4 Å². The van der Waals surface area contributed by atoms with Gasteiger partial charge < -0.3 is 24.2 Å². The van der Waals surface area contributed by atoms with E-state index in [-0.39, 0.29) is 23.9 Å². The number of hydrogen-bond donors (Lipinski definition) is 0. The van der Waals surface area contributed by atoms with E-state index in [1.54, 1.807) is 36.8 Å². The lowest BCUT2D eigenvalue weighted by Crippen LogP contribution is -2.24. The Bertz CT molecular complexity index is 4270. The minimum Gasteiger partial charge on any atom is -0.376 e. The molecule has 0 spiro atoms. The maximum Gasteiger partial charge on any atom is 0.183 e. The number of ether oxygens (including phenoxy) is 2. The monoisotopic (exact) mass is 1270 g/mol. The van der Waals surface area contributed by atoms with Crippen LogP contribution in [0.2, 0.25) is 0 Å². The molecule has 5 aliphatic heterocycles. The summed E-state index contributed by atoms with van der Waals surface area (Å²) in [4.78, 5) is 20.5. The summed E-state index contributed by atoms with van der Waals surface area (Å²) < 4.78 is 105. The molecule has 18 nitrogen and oxygen atoms in total. The zero-order valence-corrected chi connectivity index (χ0v) is 47.7. The van der Waals surface area contributed by atoms with Crippen LogP contribution in [0.1, 0.15) is 95.9 Å². The topological polar surface area (TPSA) is 154 Å². The molecule has 25 heteroatoms. The molecule has 0 bridgehead atoms. The van der Waals surface area contributed by atoms with E-state index < -0.39 is 29.1 Å². The van der Waals surface area contributed by atoms with Gasteiger partial charge in [0.2, 0.25) is 0 Å². The lowest BCUT2D eigenvalue weighted by molar-refractivity contribution is 0.109. The average Bonchev–Trinajstić information content (AvgIpc) is 4.50. The molecular weight excluding hydrogens is 1220 g/mol. The van der Waals surface area contributed by atoms with Gasteiger partial charge >= 0.3 is 0 Å². The SMILES string of the molecule is Fc1ccc(F)c([C@H]2CCCN2c2ccn3ncc(-n4cc5c(n4)CCOC5)c3n2)c1.Fc1ccc(F)c([C@H]2CCCN2c2ccn3ncc(-n4ncc5c4CCOC5)c3n2)c1.Fc1ccc(F)c([C@H]2CCCN2c2ccn3ncc(I)c3n2)c1.